The predicted molar refractivity (Wildman–Crippen MR) is 104 cm³/mol. The number of esters is 1. The van der Waals surface area contributed by atoms with Crippen molar-refractivity contribution in [2.24, 2.45) is 0 Å². The first-order valence-electron chi connectivity index (χ1n) is 8.51. The van der Waals surface area contributed by atoms with Gasteiger partial charge in [-0.05, 0) is 30.2 Å². The molecule has 0 bridgehead atoms. The normalized spacial score (nSPS) is 10.7. The summed E-state index contributed by atoms with van der Waals surface area (Å²) in [5.74, 6) is -0.494. The number of ether oxygens (including phenoxy) is 1. The van der Waals surface area contributed by atoms with Gasteiger partial charge in [-0.15, -0.1) is 0 Å². The van der Waals surface area contributed by atoms with Gasteiger partial charge in [0.1, 0.15) is 0 Å². The van der Waals surface area contributed by atoms with Crippen molar-refractivity contribution in [1.82, 2.24) is 4.90 Å². The lowest BCUT2D eigenvalue weighted by molar-refractivity contribution is -0.143. The maximum atomic E-state index is 12.6. The quantitative estimate of drug-likeness (QED) is 0.512. The highest BCUT2D eigenvalue weighted by Crippen LogP contribution is 2.16. The van der Waals surface area contributed by atoms with Gasteiger partial charge < -0.3 is 9.64 Å². The lowest BCUT2D eigenvalue weighted by Crippen LogP contribution is -2.31. The molecule has 2 aromatic rings. The minimum atomic E-state index is -0.312. The Hall–Kier alpha value is -2.59. The van der Waals surface area contributed by atoms with Crippen LogP contribution in [0.4, 0.5) is 0 Å². The molecular formula is C21H22ClNO3. The summed E-state index contributed by atoms with van der Waals surface area (Å²) >= 11 is 6.12. The second kappa shape index (κ2) is 10.4. The largest absolute Gasteiger partial charge is 0.466 e. The van der Waals surface area contributed by atoms with Crippen LogP contribution in [0.5, 0.6) is 0 Å². The predicted octanol–water partition coefficient (Wildman–Crippen LogP) is 4.34. The number of hydrogen-bond acceptors (Lipinski definition) is 3. The molecule has 0 heterocycles. The Balaban J connectivity index is 2.09. The van der Waals surface area contributed by atoms with E-state index in [1.165, 1.54) is 6.08 Å². The second-order valence-corrected chi connectivity index (χ2v) is 6.06. The molecule has 2 rings (SSSR count). The van der Waals surface area contributed by atoms with E-state index in [9.17, 15) is 9.59 Å². The van der Waals surface area contributed by atoms with Gasteiger partial charge in [-0.25, -0.2) is 0 Å². The number of benzene rings is 2. The van der Waals surface area contributed by atoms with Crippen LogP contribution >= 0.6 is 11.6 Å². The van der Waals surface area contributed by atoms with Gasteiger partial charge in [0, 0.05) is 24.2 Å². The van der Waals surface area contributed by atoms with E-state index >= 15 is 0 Å². The minimum absolute atomic E-state index is 0.159. The van der Waals surface area contributed by atoms with E-state index in [1.54, 1.807) is 24.0 Å². The smallest absolute Gasteiger partial charge is 0.307 e. The lowest BCUT2D eigenvalue weighted by Gasteiger charge is -2.21. The number of nitrogens with zero attached hydrogens (tertiary/aromatic N) is 1. The topological polar surface area (TPSA) is 46.6 Å². The molecule has 0 unspecified atom stereocenters. The van der Waals surface area contributed by atoms with Crippen LogP contribution < -0.4 is 0 Å². The van der Waals surface area contributed by atoms with Crippen molar-refractivity contribution in [3.05, 3.63) is 76.8 Å². The van der Waals surface area contributed by atoms with Crippen molar-refractivity contribution in [2.75, 3.05) is 13.2 Å². The average molecular weight is 372 g/mol. The molecule has 2 aromatic carbocycles. The zero-order valence-electron chi connectivity index (χ0n) is 14.7. The van der Waals surface area contributed by atoms with Crippen molar-refractivity contribution < 1.29 is 14.3 Å². The molecule has 0 spiro atoms. The van der Waals surface area contributed by atoms with Crippen LogP contribution in [0.3, 0.4) is 0 Å². The summed E-state index contributed by atoms with van der Waals surface area (Å²) < 4.78 is 4.95. The molecule has 0 N–H and O–H groups in total. The Morgan fingerprint density at radius 1 is 1.08 bits per heavy atom. The highest BCUT2D eigenvalue weighted by atomic mass is 35.5. The van der Waals surface area contributed by atoms with Crippen LogP contribution in [-0.2, 0) is 20.9 Å². The summed E-state index contributed by atoms with van der Waals surface area (Å²) in [6.07, 6.45) is 3.33. The Kier molecular flexibility index (Phi) is 7.90. The molecule has 1 amide bonds. The number of amides is 1. The number of halogens is 1. The molecule has 0 aliphatic carbocycles. The van der Waals surface area contributed by atoms with Crippen LogP contribution in [0.1, 0.15) is 24.5 Å². The Bertz CT molecular complexity index is 759. The number of hydrogen-bond donors (Lipinski definition) is 0. The summed E-state index contributed by atoms with van der Waals surface area (Å²) in [6.45, 7) is 2.81. The SMILES string of the molecule is CCOC(=O)CCN(Cc1ccccc1)C(=O)/C=C/c1ccccc1Cl. The highest BCUT2D eigenvalue weighted by molar-refractivity contribution is 6.32. The molecule has 5 heteroatoms. The van der Waals surface area contributed by atoms with Crippen LogP contribution in [0, 0.1) is 0 Å². The van der Waals surface area contributed by atoms with E-state index in [0.717, 1.165) is 11.1 Å². The third-order valence-electron chi connectivity index (χ3n) is 3.73. The van der Waals surface area contributed by atoms with Crippen LogP contribution in [0.15, 0.2) is 60.7 Å². The molecule has 0 aliphatic rings. The summed E-state index contributed by atoms with van der Waals surface area (Å²) in [5.41, 5.74) is 1.77. The first-order valence-corrected chi connectivity index (χ1v) is 8.89. The molecule has 26 heavy (non-hydrogen) atoms. The van der Waals surface area contributed by atoms with Crippen LogP contribution in [0.2, 0.25) is 5.02 Å². The van der Waals surface area contributed by atoms with Crippen molar-refractivity contribution in [1.29, 1.82) is 0 Å². The monoisotopic (exact) mass is 371 g/mol. The minimum Gasteiger partial charge on any atom is -0.466 e. The van der Waals surface area contributed by atoms with E-state index in [1.807, 2.05) is 48.5 Å². The third kappa shape index (κ3) is 6.37. The molecule has 0 saturated carbocycles. The maximum absolute atomic E-state index is 12.6. The molecule has 136 valence electrons. The molecule has 0 aliphatic heterocycles. The standard InChI is InChI=1S/C21H22ClNO3/c1-2-26-21(25)14-15-23(16-17-8-4-3-5-9-17)20(24)13-12-18-10-6-7-11-19(18)22/h3-13H,2,14-16H2,1H3/b13-12+. The fourth-order valence-corrected chi connectivity index (χ4v) is 2.61. The molecule has 0 saturated heterocycles. The molecule has 4 nitrogen and oxygen atoms in total. The van der Waals surface area contributed by atoms with E-state index < -0.39 is 0 Å². The maximum Gasteiger partial charge on any atom is 0.307 e. The van der Waals surface area contributed by atoms with Crippen LogP contribution in [0.25, 0.3) is 6.08 Å². The summed E-state index contributed by atoms with van der Waals surface area (Å²) in [7, 11) is 0. The summed E-state index contributed by atoms with van der Waals surface area (Å²) in [4.78, 5) is 25.9. The van der Waals surface area contributed by atoms with Crippen LogP contribution in [-0.4, -0.2) is 29.9 Å². The first kappa shape index (κ1) is 19.7. The van der Waals surface area contributed by atoms with Gasteiger partial charge in [-0.2, -0.15) is 0 Å². The van der Waals surface area contributed by atoms with Gasteiger partial charge in [0.25, 0.3) is 0 Å². The van der Waals surface area contributed by atoms with Crippen molar-refractivity contribution in [3.63, 3.8) is 0 Å². The van der Waals surface area contributed by atoms with E-state index in [-0.39, 0.29) is 18.3 Å². The number of rotatable bonds is 8. The molecule has 0 radical (unpaired) electrons. The highest BCUT2D eigenvalue weighted by Gasteiger charge is 2.14. The molecular weight excluding hydrogens is 350 g/mol. The van der Waals surface area contributed by atoms with E-state index in [0.29, 0.717) is 24.7 Å². The van der Waals surface area contributed by atoms with Crippen molar-refractivity contribution in [3.8, 4) is 0 Å². The number of carbonyl (C=O) groups excluding carboxylic acids is 2. The third-order valence-corrected chi connectivity index (χ3v) is 4.07. The van der Waals surface area contributed by atoms with Gasteiger partial charge in [-0.3, -0.25) is 9.59 Å². The van der Waals surface area contributed by atoms with Gasteiger partial charge in [0.15, 0.2) is 0 Å². The zero-order valence-corrected chi connectivity index (χ0v) is 15.5. The Morgan fingerprint density at radius 2 is 1.77 bits per heavy atom. The number of carbonyl (C=O) groups is 2. The van der Waals surface area contributed by atoms with E-state index in [4.69, 9.17) is 16.3 Å². The molecule has 0 fully saturated rings. The average Bonchev–Trinajstić information content (AvgIpc) is 2.65. The van der Waals surface area contributed by atoms with Gasteiger partial charge in [-0.1, -0.05) is 60.1 Å². The Morgan fingerprint density at radius 3 is 2.46 bits per heavy atom. The van der Waals surface area contributed by atoms with Gasteiger partial charge in [0.05, 0.1) is 13.0 Å². The van der Waals surface area contributed by atoms with Crippen molar-refractivity contribution in [2.45, 2.75) is 19.9 Å². The van der Waals surface area contributed by atoms with Gasteiger partial charge in [0.2, 0.25) is 5.91 Å². The molecule has 0 atom stereocenters. The zero-order chi connectivity index (χ0) is 18.8. The van der Waals surface area contributed by atoms with Crippen molar-refractivity contribution >= 4 is 29.6 Å². The first-order chi connectivity index (χ1) is 12.6. The summed E-state index contributed by atoms with van der Waals surface area (Å²) in [6, 6.07) is 17.0. The molecule has 0 aromatic heterocycles. The fraction of sp³-hybridized carbons (Fsp3) is 0.238. The second-order valence-electron chi connectivity index (χ2n) is 5.66. The Labute approximate surface area is 159 Å². The van der Waals surface area contributed by atoms with E-state index in [2.05, 4.69) is 0 Å². The fourth-order valence-electron chi connectivity index (χ4n) is 2.41. The van der Waals surface area contributed by atoms with Gasteiger partial charge >= 0.3 is 5.97 Å². The lowest BCUT2D eigenvalue weighted by atomic mass is 10.2. The summed E-state index contributed by atoms with van der Waals surface area (Å²) in [5, 5.41) is 0.581.